The standard InChI is InChI=1S/C16H23NO3/c1-12(8-9-18)10-17-16(19)14-4-2-3-5-15(14)20-11-13-6-7-13/h2-5,12-13,18H,6-11H2,1H3,(H,17,19). The third-order valence-electron chi connectivity index (χ3n) is 3.54. The first-order valence-corrected chi connectivity index (χ1v) is 7.31. The predicted octanol–water partition coefficient (Wildman–Crippen LogP) is 2.22. The van der Waals surface area contributed by atoms with Gasteiger partial charge in [-0.1, -0.05) is 19.1 Å². The molecule has 0 radical (unpaired) electrons. The average molecular weight is 277 g/mol. The van der Waals surface area contributed by atoms with Crippen molar-refractivity contribution < 1.29 is 14.6 Å². The van der Waals surface area contributed by atoms with E-state index in [-0.39, 0.29) is 18.4 Å². The molecule has 4 nitrogen and oxygen atoms in total. The second-order valence-electron chi connectivity index (χ2n) is 5.58. The minimum absolute atomic E-state index is 0.110. The molecule has 1 aliphatic rings. The van der Waals surface area contributed by atoms with Crippen molar-refractivity contribution in [2.24, 2.45) is 11.8 Å². The predicted molar refractivity (Wildman–Crippen MR) is 77.9 cm³/mol. The van der Waals surface area contributed by atoms with Crippen molar-refractivity contribution in [1.29, 1.82) is 0 Å². The summed E-state index contributed by atoms with van der Waals surface area (Å²) in [6.45, 7) is 3.42. The maximum Gasteiger partial charge on any atom is 0.255 e. The van der Waals surface area contributed by atoms with E-state index in [0.29, 0.717) is 36.8 Å². The minimum Gasteiger partial charge on any atom is -0.492 e. The van der Waals surface area contributed by atoms with E-state index in [9.17, 15) is 4.79 Å². The molecule has 1 amide bonds. The van der Waals surface area contributed by atoms with Crippen molar-refractivity contribution in [3.8, 4) is 5.75 Å². The highest BCUT2D eigenvalue weighted by Gasteiger charge is 2.23. The minimum atomic E-state index is -0.110. The number of hydrogen-bond donors (Lipinski definition) is 2. The van der Waals surface area contributed by atoms with Crippen LogP contribution in [0.15, 0.2) is 24.3 Å². The van der Waals surface area contributed by atoms with Crippen molar-refractivity contribution in [2.45, 2.75) is 26.2 Å². The summed E-state index contributed by atoms with van der Waals surface area (Å²) in [5.41, 5.74) is 0.587. The highest BCUT2D eigenvalue weighted by molar-refractivity contribution is 5.96. The maximum atomic E-state index is 12.2. The smallest absolute Gasteiger partial charge is 0.255 e. The number of rotatable bonds is 8. The molecule has 1 fully saturated rings. The normalized spacial score (nSPS) is 15.7. The summed E-state index contributed by atoms with van der Waals surface area (Å²) in [4.78, 5) is 12.2. The molecule has 0 heterocycles. The quantitative estimate of drug-likeness (QED) is 0.766. The van der Waals surface area contributed by atoms with Crippen LogP contribution in [0.4, 0.5) is 0 Å². The van der Waals surface area contributed by atoms with Gasteiger partial charge in [0.25, 0.3) is 5.91 Å². The summed E-state index contributed by atoms with van der Waals surface area (Å²) in [7, 11) is 0. The molecule has 2 N–H and O–H groups in total. The van der Waals surface area contributed by atoms with Crippen LogP contribution in [0, 0.1) is 11.8 Å². The maximum absolute atomic E-state index is 12.2. The van der Waals surface area contributed by atoms with Crippen molar-refractivity contribution in [3.63, 3.8) is 0 Å². The fourth-order valence-corrected chi connectivity index (χ4v) is 1.96. The lowest BCUT2D eigenvalue weighted by atomic mass is 10.1. The molecule has 4 heteroatoms. The zero-order valence-corrected chi connectivity index (χ0v) is 12.0. The Kier molecular flexibility index (Phi) is 5.41. The van der Waals surface area contributed by atoms with Gasteiger partial charge < -0.3 is 15.2 Å². The summed E-state index contributed by atoms with van der Waals surface area (Å²) in [6.07, 6.45) is 3.15. The first-order chi connectivity index (χ1) is 9.70. The van der Waals surface area contributed by atoms with Crippen LogP contribution in [0.25, 0.3) is 0 Å². The molecule has 20 heavy (non-hydrogen) atoms. The molecular weight excluding hydrogens is 254 g/mol. The number of benzene rings is 1. The fourth-order valence-electron chi connectivity index (χ4n) is 1.96. The zero-order chi connectivity index (χ0) is 14.4. The van der Waals surface area contributed by atoms with Crippen LogP contribution in [-0.2, 0) is 0 Å². The van der Waals surface area contributed by atoms with Crippen molar-refractivity contribution in [3.05, 3.63) is 29.8 Å². The topological polar surface area (TPSA) is 58.6 Å². The van der Waals surface area contributed by atoms with Gasteiger partial charge in [0.15, 0.2) is 0 Å². The highest BCUT2D eigenvalue weighted by Crippen LogP contribution is 2.30. The number of ether oxygens (including phenoxy) is 1. The van der Waals surface area contributed by atoms with Crippen molar-refractivity contribution in [1.82, 2.24) is 5.32 Å². The molecule has 1 aromatic carbocycles. The first-order valence-electron chi connectivity index (χ1n) is 7.31. The highest BCUT2D eigenvalue weighted by atomic mass is 16.5. The van der Waals surface area contributed by atoms with Gasteiger partial charge in [0.05, 0.1) is 12.2 Å². The van der Waals surface area contributed by atoms with Crippen LogP contribution >= 0.6 is 0 Å². The van der Waals surface area contributed by atoms with Gasteiger partial charge in [0.2, 0.25) is 0 Å². The zero-order valence-electron chi connectivity index (χ0n) is 12.0. The summed E-state index contributed by atoms with van der Waals surface area (Å²) >= 11 is 0. The van der Waals surface area contributed by atoms with Gasteiger partial charge in [0.1, 0.15) is 5.75 Å². The fraction of sp³-hybridized carbons (Fsp3) is 0.562. The number of aliphatic hydroxyl groups excluding tert-OH is 1. The monoisotopic (exact) mass is 277 g/mol. The van der Waals surface area contributed by atoms with Crippen LogP contribution in [0.2, 0.25) is 0 Å². The van der Waals surface area contributed by atoms with E-state index < -0.39 is 0 Å². The van der Waals surface area contributed by atoms with Gasteiger partial charge in [-0.05, 0) is 43.2 Å². The average Bonchev–Trinajstić information content (AvgIpc) is 3.27. The molecule has 1 aromatic rings. The number of amides is 1. The Balaban J connectivity index is 1.90. The summed E-state index contributed by atoms with van der Waals surface area (Å²) in [6, 6.07) is 7.35. The lowest BCUT2D eigenvalue weighted by Crippen LogP contribution is -2.29. The molecule has 110 valence electrons. The molecule has 1 atom stereocenters. The molecule has 0 saturated heterocycles. The van der Waals surface area contributed by atoms with Crippen LogP contribution in [0.1, 0.15) is 36.5 Å². The largest absolute Gasteiger partial charge is 0.492 e. The molecule has 0 spiro atoms. The van der Waals surface area contributed by atoms with Crippen molar-refractivity contribution in [2.75, 3.05) is 19.8 Å². The van der Waals surface area contributed by atoms with Gasteiger partial charge in [-0.2, -0.15) is 0 Å². The number of carbonyl (C=O) groups excluding carboxylic acids is 1. The summed E-state index contributed by atoms with van der Waals surface area (Å²) in [5, 5.41) is 11.8. The van der Waals surface area contributed by atoms with E-state index in [1.807, 2.05) is 25.1 Å². The second kappa shape index (κ2) is 7.29. The molecule has 0 aliphatic heterocycles. The van der Waals surface area contributed by atoms with Crippen LogP contribution in [-0.4, -0.2) is 30.8 Å². The van der Waals surface area contributed by atoms with Crippen LogP contribution in [0.3, 0.4) is 0 Å². The molecular formula is C16H23NO3. The van der Waals surface area contributed by atoms with E-state index in [1.54, 1.807) is 6.07 Å². The van der Waals surface area contributed by atoms with Gasteiger partial charge >= 0.3 is 0 Å². The third kappa shape index (κ3) is 4.53. The Labute approximate surface area is 120 Å². The molecule has 0 bridgehead atoms. The molecule has 1 aliphatic carbocycles. The molecule has 1 saturated carbocycles. The molecule has 1 unspecified atom stereocenters. The van der Waals surface area contributed by atoms with Gasteiger partial charge in [-0.3, -0.25) is 4.79 Å². The lowest BCUT2D eigenvalue weighted by Gasteiger charge is -2.14. The SMILES string of the molecule is CC(CCO)CNC(=O)c1ccccc1OCC1CC1. The van der Waals surface area contributed by atoms with E-state index in [4.69, 9.17) is 9.84 Å². The number of hydrogen-bond acceptors (Lipinski definition) is 3. The second-order valence-corrected chi connectivity index (χ2v) is 5.58. The van der Waals surface area contributed by atoms with Crippen LogP contribution in [0.5, 0.6) is 5.75 Å². The Bertz CT molecular complexity index is 443. The number of carbonyl (C=O) groups is 1. The summed E-state index contributed by atoms with van der Waals surface area (Å²) < 4.78 is 5.74. The van der Waals surface area contributed by atoms with E-state index in [2.05, 4.69) is 5.32 Å². The number of aliphatic hydroxyl groups is 1. The van der Waals surface area contributed by atoms with Crippen LogP contribution < -0.4 is 10.1 Å². The van der Waals surface area contributed by atoms with Gasteiger partial charge in [-0.25, -0.2) is 0 Å². The Morgan fingerprint density at radius 3 is 2.90 bits per heavy atom. The third-order valence-corrected chi connectivity index (χ3v) is 3.54. The van der Waals surface area contributed by atoms with E-state index in [0.717, 1.165) is 0 Å². The molecule has 0 aromatic heterocycles. The van der Waals surface area contributed by atoms with Crippen molar-refractivity contribution >= 4 is 5.91 Å². The Morgan fingerprint density at radius 2 is 2.20 bits per heavy atom. The van der Waals surface area contributed by atoms with E-state index in [1.165, 1.54) is 12.8 Å². The number of nitrogens with one attached hydrogen (secondary N) is 1. The Morgan fingerprint density at radius 1 is 1.45 bits per heavy atom. The van der Waals surface area contributed by atoms with Gasteiger partial charge in [-0.15, -0.1) is 0 Å². The first kappa shape index (κ1) is 14.9. The molecule has 2 rings (SSSR count). The Hall–Kier alpha value is -1.55. The van der Waals surface area contributed by atoms with Gasteiger partial charge in [0, 0.05) is 13.2 Å². The summed E-state index contributed by atoms with van der Waals surface area (Å²) in [5.74, 6) is 1.48. The lowest BCUT2D eigenvalue weighted by molar-refractivity contribution is 0.0941. The number of para-hydroxylation sites is 1. The van der Waals surface area contributed by atoms with E-state index >= 15 is 0 Å².